The van der Waals surface area contributed by atoms with Crippen LogP contribution in [0, 0.1) is 0 Å². The zero-order valence-electron chi connectivity index (χ0n) is 6.22. The molecule has 64 valence electrons. The molecule has 0 unspecified atom stereocenters. The SMILES string of the molecule is C=CCNc1cc(Cl)nnc1Cl. The molecule has 0 bridgehead atoms. The first-order valence-electron chi connectivity index (χ1n) is 3.27. The number of nitrogens with zero attached hydrogens (tertiary/aromatic N) is 2. The molecule has 1 aromatic rings. The van der Waals surface area contributed by atoms with E-state index >= 15 is 0 Å². The molecule has 0 saturated carbocycles. The predicted octanol–water partition coefficient (Wildman–Crippen LogP) is 2.38. The van der Waals surface area contributed by atoms with E-state index in [9.17, 15) is 0 Å². The molecule has 0 spiro atoms. The lowest BCUT2D eigenvalue weighted by molar-refractivity contribution is 1.03. The average Bonchev–Trinajstić information content (AvgIpc) is 2.07. The number of hydrogen-bond acceptors (Lipinski definition) is 3. The van der Waals surface area contributed by atoms with E-state index in [2.05, 4.69) is 22.1 Å². The van der Waals surface area contributed by atoms with Gasteiger partial charge < -0.3 is 5.32 Å². The summed E-state index contributed by atoms with van der Waals surface area (Å²) in [6.45, 7) is 4.17. The lowest BCUT2D eigenvalue weighted by atomic mass is 10.4. The molecule has 0 fully saturated rings. The second-order valence-corrected chi connectivity index (χ2v) is 2.79. The van der Waals surface area contributed by atoms with E-state index in [0.717, 1.165) is 0 Å². The number of nitrogens with one attached hydrogen (secondary N) is 1. The average molecular weight is 204 g/mol. The van der Waals surface area contributed by atoms with Gasteiger partial charge in [-0.05, 0) is 0 Å². The third-order valence-corrected chi connectivity index (χ3v) is 1.62. The molecule has 0 aliphatic heterocycles. The summed E-state index contributed by atoms with van der Waals surface area (Å²) in [5, 5.41) is 10.8. The highest BCUT2D eigenvalue weighted by Crippen LogP contribution is 2.20. The molecule has 0 aromatic carbocycles. The van der Waals surface area contributed by atoms with Crippen molar-refractivity contribution in [2.24, 2.45) is 0 Å². The van der Waals surface area contributed by atoms with E-state index in [1.54, 1.807) is 12.1 Å². The molecular formula is C7H7Cl2N3. The lowest BCUT2D eigenvalue weighted by Crippen LogP contribution is -2.00. The molecule has 1 N–H and O–H groups in total. The minimum atomic E-state index is 0.307. The summed E-state index contributed by atoms with van der Waals surface area (Å²) in [6, 6.07) is 1.61. The molecule has 5 heteroatoms. The second kappa shape index (κ2) is 4.28. The standard InChI is InChI=1S/C7H7Cl2N3/c1-2-3-10-5-4-6(8)11-12-7(5)9/h2,4H,1,3H2,(H,10,11). The summed E-state index contributed by atoms with van der Waals surface area (Å²) in [5.41, 5.74) is 0.663. The maximum absolute atomic E-state index is 5.70. The highest BCUT2D eigenvalue weighted by atomic mass is 35.5. The molecule has 1 aromatic heterocycles. The zero-order valence-corrected chi connectivity index (χ0v) is 7.73. The highest BCUT2D eigenvalue weighted by Gasteiger charge is 2.01. The van der Waals surface area contributed by atoms with Crippen molar-refractivity contribution in [3.05, 3.63) is 29.0 Å². The van der Waals surface area contributed by atoms with Crippen LogP contribution >= 0.6 is 23.2 Å². The van der Waals surface area contributed by atoms with Crippen molar-refractivity contribution in [2.45, 2.75) is 0 Å². The first-order chi connectivity index (χ1) is 5.74. The number of rotatable bonds is 3. The van der Waals surface area contributed by atoms with Crippen LogP contribution in [0.4, 0.5) is 5.69 Å². The molecule has 3 nitrogen and oxygen atoms in total. The van der Waals surface area contributed by atoms with E-state index in [4.69, 9.17) is 23.2 Å². The second-order valence-electron chi connectivity index (χ2n) is 2.04. The van der Waals surface area contributed by atoms with Gasteiger partial charge in [0.15, 0.2) is 10.3 Å². The Morgan fingerprint density at radius 2 is 2.25 bits per heavy atom. The van der Waals surface area contributed by atoms with Gasteiger partial charge in [-0.15, -0.1) is 16.8 Å². The van der Waals surface area contributed by atoms with Gasteiger partial charge in [-0.2, -0.15) is 0 Å². The van der Waals surface area contributed by atoms with Gasteiger partial charge in [0.2, 0.25) is 0 Å². The van der Waals surface area contributed by atoms with Crippen LogP contribution in [0.1, 0.15) is 0 Å². The van der Waals surface area contributed by atoms with Crippen LogP contribution in [0.15, 0.2) is 18.7 Å². The van der Waals surface area contributed by atoms with Gasteiger partial charge in [0, 0.05) is 12.6 Å². The molecule has 1 heterocycles. The van der Waals surface area contributed by atoms with E-state index in [0.29, 0.717) is 22.5 Å². The third-order valence-electron chi connectivity index (χ3n) is 1.16. The van der Waals surface area contributed by atoms with Crippen LogP contribution in [0.25, 0.3) is 0 Å². The Hall–Kier alpha value is -0.800. The Balaban J connectivity index is 2.82. The first kappa shape index (κ1) is 9.29. The van der Waals surface area contributed by atoms with Crippen molar-refractivity contribution in [3.63, 3.8) is 0 Å². The van der Waals surface area contributed by atoms with Crippen LogP contribution in [0.3, 0.4) is 0 Å². The van der Waals surface area contributed by atoms with Gasteiger partial charge in [0.1, 0.15) is 0 Å². The third kappa shape index (κ3) is 2.36. The van der Waals surface area contributed by atoms with Crippen molar-refractivity contribution < 1.29 is 0 Å². The van der Waals surface area contributed by atoms with Crippen LogP contribution < -0.4 is 5.32 Å². The smallest absolute Gasteiger partial charge is 0.174 e. The molecule has 0 aliphatic rings. The van der Waals surface area contributed by atoms with Crippen molar-refractivity contribution in [2.75, 3.05) is 11.9 Å². The number of anilines is 1. The minimum absolute atomic E-state index is 0.307. The summed E-state index contributed by atoms with van der Waals surface area (Å²) in [7, 11) is 0. The van der Waals surface area contributed by atoms with Gasteiger partial charge in [-0.25, -0.2) is 0 Å². The van der Waals surface area contributed by atoms with E-state index in [1.165, 1.54) is 0 Å². The summed E-state index contributed by atoms with van der Waals surface area (Å²) >= 11 is 11.3. The predicted molar refractivity (Wildman–Crippen MR) is 50.7 cm³/mol. The highest BCUT2D eigenvalue weighted by molar-refractivity contribution is 6.33. The number of aromatic nitrogens is 2. The van der Waals surface area contributed by atoms with Crippen molar-refractivity contribution in [3.8, 4) is 0 Å². The summed E-state index contributed by atoms with van der Waals surface area (Å²) < 4.78 is 0. The summed E-state index contributed by atoms with van der Waals surface area (Å²) in [4.78, 5) is 0. The Labute approximate surface area is 80.4 Å². The van der Waals surface area contributed by atoms with E-state index in [1.807, 2.05) is 0 Å². The van der Waals surface area contributed by atoms with E-state index < -0.39 is 0 Å². The fourth-order valence-electron chi connectivity index (χ4n) is 0.659. The van der Waals surface area contributed by atoms with Crippen LogP contribution in [-0.4, -0.2) is 16.7 Å². The Bertz CT molecular complexity index is 288. The van der Waals surface area contributed by atoms with Crippen LogP contribution in [0.2, 0.25) is 10.3 Å². The van der Waals surface area contributed by atoms with Gasteiger partial charge >= 0.3 is 0 Å². The molecular weight excluding hydrogens is 197 g/mol. The van der Waals surface area contributed by atoms with Gasteiger partial charge in [-0.1, -0.05) is 29.3 Å². The fourth-order valence-corrected chi connectivity index (χ4v) is 0.965. The molecule has 0 amide bonds. The molecule has 0 radical (unpaired) electrons. The lowest BCUT2D eigenvalue weighted by Gasteiger charge is -2.03. The largest absolute Gasteiger partial charge is 0.379 e. The summed E-state index contributed by atoms with van der Waals surface area (Å²) in [6.07, 6.45) is 1.71. The summed E-state index contributed by atoms with van der Waals surface area (Å²) in [5.74, 6) is 0. The van der Waals surface area contributed by atoms with Gasteiger partial charge in [0.25, 0.3) is 0 Å². The monoisotopic (exact) mass is 203 g/mol. The topological polar surface area (TPSA) is 37.8 Å². The Morgan fingerprint density at radius 1 is 1.50 bits per heavy atom. The maximum Gasteiger partial charge on any atom is 0.174 e. The van der Waals surface area contributed by atoms with Crippen molar-refractivity contribution >= 4 is 28.9 Å². The first-order valence-corrected chi connectivity index (χ1v) is 4.03. The molecule has 0 aliphatic carbocycles. The molecule has 0 atom stereocenters. The molecule has 0 saturated heterocycles. The van der Waals surface area contributed by atoms with Gasteiger partial charge in [-0.3, -0.25) is 0 Å². The maximum atomic E-state index is 5.70. The Morgan fingerprint density at radius 3 is 2.92 bits per heavy atom. The molecule has 1 rings (SSSR count). The molecule has 12 heavy (non-hydrogen) atoms. The Kier molecular flexibility index (Phi) is 3.31. The fraction of sp³-hybridized carbons (Fsp3) is 0.143. The van der Waals surface area contributed by atoms with Gasteiger partial charge in [0.05, 0.1) is 5.69 Å². The number of hydrogen-bond donors (Lipinski definition) is 1. The van der Waals surface area contributed by atoms with Crippen molar-refractivity contribution in [1.82, 2.24) is 10.2 Å². The van der Waals surface area contributed by atoms with Crippen LogP contribution in [-0.2, 0) is 0 Å². The quantitative estimate of drug-likeness (QED) is 0.768. The zero-order chi connectivity index (χ0) is 8.97. The number of halogens is 2. The minimum Gasteiger partial charge on any atom is -0.379 e. The normalized spacial score (nSPS) is 9.50. The van der Waals surface area contributed by atoms with E-state index in [-0.39, 0.29) is 0 Å². The van der Waals surface area contributed by atoms with Crippen LogP contribution in [0.5, 0.6) is 0 Å². The van der Waals surface area contributed by atoms with Crippen molar-refractivity contribution in [1.29, 1.82) is 0 Å².